The predicted molar refractivity (Wildman–Crippen MR) is 68.0 cm³/mol. The number of thiophene rings is 1. The minimum Gasteiger partial charge on any atom is -0.449 e. The van der Waals surface area contributed by atoms with E-state index in [0.717, 1.165) is 17.8 Å². The Bertz CT molecular complexity index is 285. The molecular weight excluding hydrogens is 222 g/mol. The molecule has 0 fully saturated rings. The van der Waals surface area contributed by atoms with Crippen LogP contribution < -0.4 is 5.32 Å². The summed E-state index contributed by atoms with van der Waals surface area (Å²) in [5.41, 5.74) is 0. The quantitative estimate of drug-likeness (QED) is 0.724. The van der Waals surface area contributed by atoms with E-state index in [2.05, 4.69) is 12.2 Å². The molecule has 0 saturated heterocycles. The van der Waals surface area contributed by atoms with Gasteiger partial charge in [0.1, 0.15) is 0 Å². The Morgan fingerprint density at radius 3 is 2.88 bits per heavy atom. The summed E-state index contributed by atoms with van der Waals surface area (Å²) in [6.45, 7) is 2.70. The standard InChI is InChI=1S/C12H19NO2S/c1-2-3-4-5-6-9-15-12(14)13-11-8-7-10-16-11/h7-8,10H,2-6,9H2,1H3,(H,13,14). The second-order valence-corrected chi connectivity index (χ2v) is 4.60. The van der Waals surface area contributed by atoms with Crippen LogP contribution in [-0.4, -0.2) is 12.7 Å². The van der Waals surface area contributed by atoms with Crippen molar-refractivity contribution < 1.29 is 9.53 Å². The number of hydrogen-bond acceptors (Lipinski definition) is 3. The molecule has 0 unspecified atom stereocenters. The first-order valence-electron chi connectivity index (χ1n) is 5.80. The molecule has 0 radical (unpaired) electrons. The van der Waals surface area contributed by atoms with Gasteiger partial charge < -0.3 is 4.74 Å². The molecule has 1 amide bonds. The summed E-state index contributed by atoms with van der Waals surface area (Å²) in [7, 11) is 0. The molecule has 0 aliphatic heterocycles. The van der Waals surface area contributed by atoms with Gasteiger partial charge in [0.25, 0.3) is 0 Å². The van der Waals surface area contributed by atoms with Crippen LogP contribution in [0.5, 0.6) is 0 Å². The molecule has 4 heteroatoms. The third kappa shape index (κ3) is 5.75. The summed E-state index contributed by atoms with van der Waals surface area (Å²) in [6.07, 6.45) is 5.48. The Labute approximate surface area is 101 Å². The van der Waals surface area contributed by atoms with Crippen molar-refractivity contribution in [3.63, 3.8) is 0 Å². The molecule has 0 spiro atoms. The van der Waals surface area contributed by atoms with E-state index in [1.54, 1.807) is 0 Å². The van der Waals surface area contributed by atoms with Gasteiger partial charge in [0.2, 0.25) is 0 Å². The third-order valence-corrected chi connectivity index (χ3v) is 3.01. The number of carbonyl (C=O) groups excluding carboxylic acids is 1. The number of unbranched alkanes of at least 4 members (excludes halogenated alkanes) is 4. The highest BCUT2D eigenvalue weighted by atomic mass is 32.1. The highest BCUT2D eigenvalue weighted by molar-refractivity contribution is 7.14. The Morgan fingerprint density at radius 2 is 2.19 bits per heavy atom. The van der Waals surface area contributed by atoms with Crippen molar-refractivity contribution in [2.75, 3.05) is 11.9 Å². The fourth-order valence-electron chi connectivity index (χ4n) is 1.36. The van der Waals surface area contributed by atoms with Crippen molar-refractivity contribution in [1.82, 2.24) is 0 Å². The summed E-state index contributed by atoms with van der Waals surface area (Å²) in [5, 5.41) is 5.43. The zero-order valence-corrected chi connectivity index (χ0v) is 10.5. The monoisotopic (exact) mass is 241 g/mol. The van der Waals surface area contributed by atoms with Crippen LogP contribution in [0.2, 0.25) is 0 Å². The van der Waals surface area contributed by atoms with Gasteiger partial charge >= 0.3 is 6.09 Å². The number of anilines is 1. The largest absolute Gasteiger partial charge is 0.449 e. The van der Waals surface area contributed by atoms with E-state index in [-0.39, 0.29) is 6.09 Å². The van der Waals surface area contributed by atoms with Crippen LogP contribution >= 0.6 is 11.3 Å². The number of amides is 1. The number of hydrogen-bond donors (Lipinski definition) is 1. The van der Waals surface area contributed by atoms with Gasteiger partial charge in [-0.2, -0.15) is 0 Å². The molecule has 0 atom stereocenters. The zero-order valence-electron chi connectivity index (χ0n) is 9.70. The van der Waals surface area contributed by atoms with E-state index in [9.17, 15) is 4.79 Å². The van der Waals surface area contributed by atoms with Crippen molar-refractivity contribution in [3.05, 3.63) is 17.5 Å². The summed E-state index contributed by atoms with van der Waals surface area (Å²) in [4.78, 5) is 11.3. The van der Waals surface area contributed by atoms with Crippen molar-refractivity contribution in [2.24, 2.45) is 0 Å². The first-order valence-corrected chi connectivity index (χ1v) is 6.68. The van der Waals surface area contributed by atoms with Crippen molar-refractivity contribution >= 4 is 22.4 Å². The molecule has 1 aromatic heterocycles. The third-order valence-electron chi connectivity index (χ3n) is 2.23. The molecule has 0 aliphatic rings. The van der Waals surface area contributed by atoms with Crippen LogP contribution in [0.4, 0.5) is 9.80 Å². The summed E-state index contributed by atoms with van der Waals surface area (Å²) in [6, 6.07) is 3.75. The molecule has 16 heavy (non-hydrogen) atoms. The fraction of sp³-hybridized carbons (Fsp3) is 0.583. The van der Waals surface area contributed by atoms with Crippen molar-refractivity contribution in [3.8, 4) is 0 Å². The van der Waals surface area contributed by atoms with Crippen LogP contribution in [0.1, 0.15) is 39.0 Å². The van der Waals surface area contributed by atoms with E-state index in [1.807, 2.05) is 17.5 Å². The maximum Gasteiger partial charge on any atom is 0.412 e. The number of ether oxygens (including phenoxy) is 1. The van der Waals surface area contributed by atoms with Crippen LogP contribution in [0.15, 0.2) is 17.5 Å². The van der Waals surface area contributed by atoms with Crippen LogP contribution in [0.3, 0.4) is 0 Å². The molecule has 0 bridgehead atoms. The Balaban J connectivity index is 1.98. The minimum atomic E-state index is -0.349. The molecule has 3 nitrogen and oxygen atoms in total. The Kier molecular flexibility index (Phi) is 6.65. The molecule has 1 N–H and O–H groups in total. The number of rotatable bonds is 7. The molecule has 0 aromatic carbocycles. The summed E-state index contributed by atoms with van der Waals surface area (Å²) >= 11 is 1.49. The smallest absolute Gasteiger partial charge is 0.412 e. The van der Waals surface area contributed by atoms with Gasteiger partial charge in [0, 0.05) is 0 Å². The zero-order chi connectivity index (χ0) is 11.6. The second-order valence-electron chi connectivity index (χ2n) is 3.65. The normalized spacial score (nSPS) is 10.1. The van der Waals surface area contributed by atoms with Gasteiger partial charge in [0.05, 0.1) is 11.6 Å². The van der Waals surface area contributed by atoms with Gasteiger partial charge in [0.15, 0.2) is 0 Å². The lowest BCUT2D eigenvalue weighted by Crippen LogP contribution is -2.13. The average Bonchev–Trinajstić information content (AvgIpc) is 2.76. The van der Waals surface area contributed by atoms with Gasteiger partial charge in [-0.05, 0) is 23.9 Å². The van der Waals surface area contributed by atoms with E-state index in [1.165, 1.54) is 30.6 Å². The topological polar surface area (TPSA) is 38.3 Å². The van der Waals surface area contributed by atoms with E-state index in [4.69, 9.17) is 4.74 Å². The molecule has 1 rings (SSSR count). The van der Waals surface area contributed by atoms with Crippen LogP contribution in [-0.2, 0) is 4.74 Å². The maximum atomic E-state index is 11.3. The SMILES string of the molecule is CCCCCCCOC(=O)Nc1cccs1. The van der Waals surface area contributed by atoms with E-state index >= 15 is 0 Å². The summed E-state index contributed by atoms with van der Waals surface area (Å²) < 4.78 is 5.05. The highest BCUT2D eigenvalue weighted by Gasteiger charge is 2.02. The van der Waals surface area contributed by atoms with Gasteiger partial charge in [-0.25, -0.2) is 4.79 Å². The first-order chi connectivity index (χ1) is 7.83. The van der Waals surface area contributed by atoms with E-state index < -0.39 is 0 Å². The van der Waals surface area contributed by atoms with Crippen LogP contribution in [0.25, 0.3) is 0 Å². The first kappa shape index (κ1) is 13.0. The summed E-state index contributed by atoms with van der Waals surface area (Å²) in [5.74, 6) is 0. The minimum absolute atomic E-state index is 0.349. The number of nitrogens with one attached hydrogen (secondary N) is 1. The van der Waals surface area contributed by atoms with Crippen molar-refractivity contribution in [2.45, 2.75) is 39.0 Å². The molecule has 1 aromatic rings. The Morgan fingerprint density at radius 1 is 1.38 bits per heavy atom. The molecule has 90 valence electrons. The van der Waals surface area contributed by atoms with Crippen LogP contribution in [0, 0.1) is 0 Å². The molecular formula is C12H19NO2S. The molecule has 0 aliphatic carbocycles. The lowest BCUT2D eigenvalue weighted by molar-refractivity contribution is 0.159. The molecule has 0 saturated carbocycles. The second kappa shape index (κ2) is 8.16. The highest BCUT2D eigenvalue weighted by Crippen LogP contribution is 2.15. The van der Waals surface area contributed by atoms with Gasteiger partial charge in [-0.3, -0.25) is 5.32 Å². The van der Waals surface area contributed by atoms with Gasteiger partial charge in [-0.15, -0.1) is 11.3 Å². The van der Waals surface area contributed by atoms with E-state index in [0.29, 0.717) is 6.61 Å². The predicted octanol–water partition coefficient (Wildman–Crippen LogP) is 4.27. The molecule has 1 heterocycles. The van der Waals surface area contributed by atoms with Crippen molar-refractivity contribution in [1.29, 1.82) is 0 Å². The van der Waals surface area contributed by atoms with Gasteiger partial charge in [-0.1, -0.05) is 32.6 Å². The lowest BCUT2D eigenvalue weighted by Gasteiger charge is -2.04. The lowest BCUT2D eigenvalue weighted by atomic mass is 10.2. The fourth-order valence-corrected chi connectivity index (χ4v) is 1.96. The average molecular weight is 241 g/mol. The number of carbonyl (C=O) groups is 1. The Hall–Kier alpha value is -1.03. The maximum absolute atomic E-state index is 11.3.